The Hall–Kier alpha value is -3.85. The number of aromatic nitrogens is 3. The molecule has 0 fully saturated rings. The average Bonchev–Trinajstić information content (AvgIpc) is 3.24. The monoisotopic (exact) mass is 469 g/mol. The number of halogens is 4. The molecule has 3 heterocycles. The smallest absolute Gasteiger partial charge is 0.379 e. The highest BCUT2D eigenvalue weighted by molar-refractivity contribution is 6.35. The topological polar surface area (TPSA) is 63.1 Å². The maximum atomic E-state index is 13.7. The largest absolute Gasteiger partial charge is 0.435 e. The lowest BCUT2D eigenvalue weighted by Crippen LogP contribution is -2.27. The number of alkyl halides is 3. The number of carbonyl (C=O) groups excluding carboxylic acids is 1. The molecule has 0 saturated carbocycles. The number of rotatable bonds is 2. The fourth-order valence-electron chi connectivity index (χ4n) is 3.66. The van der Waals surface area contributed by atoms with Crippen LogP contribution in [0.4, 0.5) is 30.4 Å². The Bertz CT molecular complexity index is 1320. The summed E-state index contributed by atoms with van der Waals surface area (Å²) < 4.78 is 39.7. The third-order valence-corrected chi connectivity index (χ3v) is 5.54. The van der Waals surface area contributed by atoms with Crippen molar-refractivity contribution >= 4 is 34.7 Å². The van der Waals surface area contributed by atoms with Crippen molar-refractivity contribution in [1.82, 2.24) is 14.8 Å². The average molecular weight is 470 g/mol. The first kappa shape index (κ1) is 21.0. The molecule has 10 heteroatoms. The molecule has 1 N–H and O–H groups in total. The predicted molar refractivity (Wildman–Crippen MR) is 118 cm³/mol. The highest BCUT2D eigenvalue weighted by Crippen LogP contribution is 2.38. The summed E-state index contributed by atoms with van der Waals surface area (Å²) in [7, 11) is 0. The second-order valence-corrected chi connectivity index (χ2v) is 7.71. The van der Waals surface area contributed by atoms with E-state index in [1.165, 1.54) is 29.3 Å². The molecule has 4 aromatic rings. The normalized spacial score (nSPS) is 13.0. The van der Waals surface area contributed by atoms with Crippen LogP contribution in [0.5, 0.6) is 0 Å². The number of hydrogen-bond acceptors (Lipinski definition) is 4. The van der Waals surface area contributed by atoms with Gasteiger partial charge in [0.15, 0.2) is 5.69 Å². The van der Waals surface area contributed by atoms with Crippen LogP contribution in [-0.2, 0) is 12.7 Å². The van der Waals surface area contributed by atoms with Crippen molar-refractivity contribution in [3.63, 3.8) is 0 Å². The Balaban J connectivity index is 1.56. The lowest BCUT2D eigenvalue weighted by atomic mass is 10.1. The molecule has 2 aromatic carbocycles. The van der Waals surface area contributed by atoms with E-state index in [4.69, 9.17) is 11.6 Å². The minimum atomic E-state index is -4.56. The molecular weight excluding hydrogens is 455 g/mol. The van der Waals surface area contributed by atoms with Gasteiger partial charge in [0.1, 0.15) is 5.82 Å². The highest BCUT2D eigenvalue weighted by Gasteiger charge is 2.34. The van der Waals surface area contributed by atoms with Gasteiger partial charge < -0.3 is 5.32 Å². The Morgan fingerprint density at radius 3 is 2.64 bits per heavy atom. The van der Waals surface area contributed by atoms with E-state index in [1.807, 2.05) is 24.3 Å². The van der Waals surface area contributed by atoms with E-state index in [9.17, 15) is 18.0 Å². The van der Waals surface area contributed by atoms with Gasteiger partial charge in [0.2, 0.25) is 0 Å². The zero-order valence-electron chi connectivity index (χ0n) is 16.8. The van der Waals surface area contributed by atoms with Crippen molar-refractivity contribution in [3.8, 4) is 5.69 Å². The summed E-state index contributed by atoms with van der Waals surface area (Å²) in [6.07, 6.45) is -1.76. The van der Waals surface area contributed by atoms with Crippen LogP contribution in [0.25, 0.3) is 5.69 Å². The summed E-state index contributed by atoms with van der Waals surface area (Å²) in [5, 5.41) is 6.93. The van der Waals surface area contributed by atoms with Crippen molar-refractivity contribution in [1.29, 1.82) is 0 Å². The van der Waals surface area contributed by atoms with Gasteiger partial charge in [-0.15, -0.1) is 0 Å². The molecule has 0 aliphatic carbocycles. The van der Waals surface area contributed by atoms with Crippen LogP contribution in [0.1, 0.15) is 21.6 Å². The fourth-order valence-corrected chi connectivity index (χ4v) is 3.91. The van der Waals surface area contributed by atoms with Crippen LogP contribution in [0.15, 0.2) is 73.1 Å². The third-order valence-electron chi connectivity index (χ3n) is 5.22. The van der Waals surface area contributed by atoms with Gasteiger partial charge in [-0.2, -0.15) is 18.3 Å². The van der Waals surface area contributed by atoms with Crippen LogP contribution in [0.3, 0.4) is 0 Å². The van der Waals surface area contributed by atoms with Crippen LogP contribution >= 0.6 is 11.6 Å². The lowest BCUT2D eigenvalue weighted by molar-refractivity contribution is -0.141. The minimum absolute atomic E-state index is 0.0775. The van der Waals surface area contributed by atoms with Gasteiger partial charge in [-0.3, -0.25) is 9.69 Å². The zero-order valence-corrected chi connectivity index (χ0v) is 17.6. The molecule has 2 aromatic heterocycles. The van der Waals surface area contributed by atoms with Gasteiger partial charge in [0, 0.05) is 24.5 Å². The van der Waals surface area contributed by atoms with E-state index in [2.05, 4.69) is 15.4 Å². The standard InChI is InChI=1S/C23H15ClF3N5O/c24-17-12-15(31-11-9-20(30-31)23(25,26)27)7-8-16(17)22(33)32-19-6-2-1-5-18(19)29-13-14-4-3-10-28-21(14)32/h1-12,29H,13H2. The Kier molecular flexibility index (Phi) is 5.05. The number of nitrogens with zero attached hydrogens (tertiary/aromatic N) is 4. The maximum absolute atomic E-state index is 13.7. The Labute approximate surface area is 191 Å². The number of hydrogen-bond donors (Lipinski definition) is 1. The SMILES string of the molecule is O=C(c1ccc(-n2ccc(C(F)(F)F)n2)cc1Cl)N1c2ccccc2NCc2cccnc21. The van der Waals surface area contributed by atoms with E-state index >= 15 is 0 Å². The van der Waals surface area contributed by atoms with Gasteiger partial charge in [-0.25, -0.2) is 9.67 Å². The van der Waals surface area contributed by atoms with Gasteiger partial charge in [0.25, 0.3) is 5.91 Å². The molecule has 0 unspecified atom stereocenters. The van der Waals surface area contributed by atoms with Gasteiger partial charge >= 0.3 is 6.18 Å². The molecule has 1 aliphatic heterocycles. The van der Waals surface area contributed by atoms with Gasteiger partial charge in [-0.1, -0.05) is 29.8 Å². The van der Waals surface area contributed by atoms with Crippen molar-refractivity contribution in [2.75, 3.05) is 10.2 Å². The first-order chi connectivity index (χ1) is 15.8. The van der Waals surface area contributed by atoms with Crippen molar-refractivity contribution in [3.05, 3.63) is 94.9 Å². The number of anilines is 3. The number of carbonyl (C=O) groups is 1. The number of para-hydroxylation sites is 2. The number of benzene rings is 2. The van der Waals surface area contributed by atoms with Crippen LogP contribution < -0.4 is 10.2 Å². The molecule has 0 radical (unpaired) electrons. The van der Waals surface area contributed by atoms with Crippen LogP contribution in [0, 0.1) is 0 Å². The number of nitrogens with one attached hydrogen (secondary N) is 1. The van der Waals surface area contributed by atoms with Gasteiger partial charge in [0.05, 0.1) is 27.6 Å². The third kappa shape index (κ3) is 3.80. The predicted octanol–water partition coefficient (Wildman–Crippen LogP) is 5.84. The fraction of sp³-hybridized carbons (Fsp3) is 0.0870. The summed E-state index contributed by atoms with van der Waals surface area (Å²) >= 11 is 6.44. The summed E-state index contributed by atoms with van der Waals surface area (Å²) in [5.74, 6) is 0.0566. The molecular formula is C23H15ClF3N5O. The first-order valence-corrected chi connectivity index (χ1v) is 10.2. The second kappa shape index (κ2) is 7.93. The van der Waals surface area contributed by atoms with E-state index < -0.39 is 17.8 Å². The molecule has 0 saturated heterocycles. The molecule has 166 valence electrons. The molecule has 0 atom stereocenters. The molecule has 0 bridgehead atoms. The Morgan fingerprint density at radius 1 is 1.06 bits per heavy atom. The van der Waals surface area contributed by atoms with Crippen molar-refractivity contribution in [2.45, 2.75) is 12.7 Å². The van der Waals surface area contributed by atoms with E-state index in [0.717, 1.165) is 22.0 Å². The van der Waals surface area contributed by atoms with Gasteiger partial charge in [-0.05, 0) is 42.5 Å². The molecule has 1 aliphatic rings. The van der Waals surface area contributed by atoms with Crippen LogP contribution in [-0.4, -0.2) is 20.7 Å². The van der Waals surface area contributed by atoms with Crippen molar-refractivity contribution in [2.24, 2.45) is 0 Å². The number of pyridine rings is 1. The minimum Gasteiger partial charge on any atom is -0.379 e. The highest BCUT2D eigenvalue weighted by atomic mass is 35.5. The summed E-state index contributed by atoms with van der Waals surface area (Å²) in [6, 6.07) is 16.2. The molecule has 0 spiro atoms. The Morgan fingerprint density at radius 2 is 1.88 bits per heavy atom. The lowest BCUT2D eigenvalue weighted by Gasteiger charge is -2.23. The zero-order chi connectivity index (χ0) is 23.2. The molecule has 5 rings (SSSR count). The summed E-state index contributed by atoms with van der Waals surface area (Å²) in [5.41, 5.74) is 1.65. The number of fused-ring (bicyclic) bond motifs is 2. The van der Waals surface area contributed by atoms with E-state index in [1.54, 1.807) is 18.3 Å². The van der Waals surface area contributed by atoms with Crippen molar-refractivity contribution < 1.29 is 18.0 Å². The summed E-state index contributed by atoms with van der Waals surface area (Å²) in [6.45, 7) is 0.484. The first-order valence-electron chi connectivity index (χ1n) is 9.87. The second-order valence-electron chi connectivity index (χ2n) is 7.30. The quantitative estimate of drug-likeness (QED) is 0.400. The maximum Gasteiger partial charge on any atom is 0.435 e. The molecule has 1 amide bonds. The van der Waals surface area contributed by atoms with E-state index in [0.29, 0.717) is 23.7 Å². The van der Waals surface area contributed by atoms with Crippen LogP contribution in [0.2, 0.25) is 5.02 Å². The number of amides is 1. The van der Waals surface area contributed by atoms with E-state index in [-0.39, 0.29) is 10.6 Å². The molecule has 6 nitrogen and oxygen atoms in total. The molecule has 33 heavy (non-hydrogen) atoms. The summed E-state index contributed by atoms with van der Waals surface area (Å²) in [4.78, 5) is 19.6.